The maximum atomic E-state index is 12.9. The van der Waals surface area contributed by atoms with Crippen LogP contribution in [0.3, 0.4) is 0 Å². The molecule has 1 nitrogen and oxygen atoms in total. The largest absolute Gasteiger partial charge is 0.324 e. The van der Waals surface area contributed by atoms with Crippen LogP contribution in [0.25, 0.3) is 0 Å². The van der Waals surface area contributed by atoms with Crippen molar-refractivity contribution in [2.75, 3.05) is 0 Å². The van der Waals surface area contributed by atoms with Crippen LogP contribution in [-0.2, 0) is 0 Å². The zero-order valence-electron chi connectivity index (χ0n) is 7.84. The van der Waals surface area contributed by atoms with E-state index in [9.17, 15) is 4.39 Å². The Morgan fingerprint density at radius 2 is 2.21 bits per heavy atom. The quantitative estimate of drug-likeness (QED) is 0.820. The highest BCUT2D eigenvalue weighted by Crippen LogP contribution is 2.38. The van der Waals surface area contributed by atoms with Crippen molar-refractivity contribution in [3.63, 3.8) is 0 Å². The molecule has 0 radical (unpaired) electrons. The normalized spacial score (nSPS) is 18.2. The summed E-state index contributed by atoms with van der Waals surface area (Å²) in [5, 5.41) is 0.569. The summed E-state index contributed by atoms with van der Waals surface area (Å²) in [4.78, 5) is 0. The van der Waals surface area contributed by atoms with E-state index in [2.05, 4.69) is 0 Å². The second-order valence-electron chi connectivity index (χ2n) is 3.95. The minimum atomic E-state index is -0.268. The van der Waals surface area contributed by atoms with Crippen molar-refractivity contribution in [3.05, 3.63) is 34.6 Å². The van der Waals surface area contributed by atoms with Gasteiger partial charge < -0.3 is 5.73 Å². The number of hydrogen-bond acceptors (Lipinski definition) is 1. The van der Waals surface area contributed by atoms with Crippen molar-refractivity contribution >= 4 is 11.6 Å². The van der Waals surface area contributed by atoms with Crippen molar-refractivity contribution in [2.45, 2.75) is 25.3 Å². The first-order valence-corrected chi connectivity index (χ1v) is 5.25. The molecule has 3 heteroatoms. The summed E-state index contributed by atoms with van der Waals surface area (Å²) in [7, 11) is 0. The Balaban J connectivity index is 2.15. The first-order valence-electron chi connectivity index (χ1n) is 4.87. The van der Waals surface area contributed by atoms with Gasteiger partial charge in [0.15, 0.2) is 0 Å². The lowest BCUT2D eigenvalue weighted by atomic mass is 10.0. The van der Waals surface area contributed by atoms with E-state index in [1.54, 1.807) is 6.07 Å². The Bertz CT molecular complexity index is 336. The second kappa shape index (κ2) is 3.87. The molecule has 1 aromatic rings. The van der Waals surface area contributed by atoms with E-state index < -0.39 is 0 Å². The Morgan fingerprint density at radius 3 is 2.86 bits per heavy atom. The van der Waals surface area contributed by atoms with E-state index in [0.717, 1.165) is 17.9 Å². The van der Waals surface area contributed by atoms with Gasteiger partial charge in [-0.15, -0.1) is 0 Å². The third kappa shape index (κ3) is 2.25. The summed E-state index contributed by atoms with van der Waals surface area (Å²) in [6.45, 7) is 0. The molecule has 1 aromatic carbocycles. The van der Waals surface area contributed by atoms with E-state index in [-0.39, 0.29) is 11.9 Å². The maximum absolute atomic E-state index is 12.9. The molecule has 1 aliphatic rings. The topological polar surface area (TPSA) is 26.0 Å². The predicted octanol–water partition coefficient (Wildman–Crippen LogP) is 3.28. The Kier molecular flexibility index (Phi) is 2.75. The van der Waals surface area contributed by atoms with Gasteiger partial charge in [0.25, 0.3) is 0 Å². The zero-order chi connectivity index (χ0) is 10.1. The molecule has 1 aliphatic carbocycles. The van der Waals surface area contributed by atoms with Gasteiger partial charge in [0.2, 0.25) is 0 Å². The van der Waals surface area contributed by atoms with Crippen LogP contribution in [0.4, 0.5) is 4.39 Å². The molecule has 1 fully saturated rings. The molecule has 2 rings (SSSR count). The molecule has 76 valence electrons. The molecule has 0 heterocycles. The van der Waals surface area contributed by atoms with Crippen molar-refractivity contribution < 1.29 is 4.39 Å². The average Bonchev–Trinajstić information content (AvgIpc) is 2.93. The van der Waals surface area contributed by atoms with Gasteiger partial charge in [-0.1, -0.05) is 24.4 Å². The van der Waals surface area contributed by atoms with Crippen LogP contribution in [0.2, 0.25) is 5.02 Å². The number of rotatable bonds is 3. The van der Waals surface area contributed by atoms with Gasteiger partial charge in [0.05, 0.1) is 0 Å². The lowest BCUT2D eigenvalue weighted by molar-refractivity contribution is 0.583. The first-order chi connectivity index (χ1) is 6.66. The minimum absolute atomic E-state index is 0.120. The van der Waals surface area contributed by atoms with Gasteiger partial charge in [0, 0.05) is 11.1 Å². The van der Waals surface area contributed by atoms with Gasteiger partial charge in [-0.2, -0.15) is 0 Å². The van der Waals surface area contributed by atoms with Crippen molar-refractivity contribution in [1.82, 2.24) is 0 Å². The molecule has 0 bridgehead atoms. The van der Waals surface area contributed by atoms with Crippen LogP contribution in [0.1, 0.15) is 30.9 Å². The summed E-state index contributed by atoms with van der Waals surface area (Å²) in [5.74, 6) is 0.458. The van der Waals surface area contributed by atoms with Crippen LogP contribution in [0.15, 0.2) is 18.2 Å². The van der Waals surface area contributed by atoms with Crippen molar-refractivity contribution in [1.29, 1.82) is 0 Å². The molecule has 0 unspecified atom stereocenters. The number of benzene rings is 1. The molecule has 1 saturated carbocycles. The standard InChI is InChI=1S/C11H13ClFN/c12-10-4-3-8(13)6-9(10)11(14)5-7-1-2-7/h3-4,6-7,11H,1-2,5,14H2/t11-/m0/s1. The number of nitrogens with two attached hydrogens (primary N) is 1. The zero-order valence-corrected chi connectivity index (χ0v) is 8.60. The lowest BCUT2D eigenvalue weighted by Crippen LogP contribution is -2.11. The molecule has 2 N–H and O–H groups in total. The number of halogens is 2. The monoisotopic (exact) mass is 213 g/mol. The SMILES string of the molecule is N[C@@H](CC1CC1)c1cc(F)ccc1Cl. The van der Waals surface area contributed by atoms with Crippen LogP contribution in [0.5, 0.6) is 0 Å². The fraction of sp³-hybridized carbons (Fsp3) is 0.455. The molecule has 1 atom stereocenters. The van der Waals surface area contributed by atoms with Crippen molar-refractivity contribution in [3.8, 4) is 0 Å². The Morgan fingerprint density at radius 1 is 1.50 bits per heavy atom. The van der Waals surface area contributed by atoms with E-state index in [1.165, 1.54) is 25.0 Å². The summed E-state index contributed by atoms with van der Waals surface area (Å²) in [5.41, 5.74) is 6.69. The van der Waals surface area contributed by atoms with Crippen LogP contribution < -0.4 is 5.73 Å². The molecule has 0 aliphatic heterocycles. The second-order valence-corrected chi connectivity index (χ2v) is 4.36. The maximum Gasteiger partial charge on any atom is 0.123 e. The molecule has 0 saturated heterocycles. The number of hydrogen-bond donors (Lipinski definition) is 1. The van der Waals surface area contributed by atoms with Gasteiger partial charge in [-0.05, 0) is 36.1 Å². The van der Waals surface area contributed by atoms with Gasteiger partial charge in [0.1, 0.15) is 5.82 Å². The average molecular weight is 214 g/mol. The fourth-order valence-corrected chi connectivity index (χ4v) is 1.90. The lowest BCUT2D eigenvalue weighted by Gasteiger charge is -2.12. The van der Waals surface area contributed by atoms with Crippen LogP contribution in [0, 0.1) is 11.7 Å². The molecular formula is C11H13ClFN. The van der Waals surface area contributed by atoms with Crippen LogP contribution >= 0.6 is 11.6 Å². The van der Waals surface area contributed by atoms with E-state index >= 15 is 0 Å². The van der Waals surface area contributed by atoms with Crippen molar-refractivity contribution in [2.24, 2.45) is 11.7 Å². The molecular weight excluding hydrogens is 201 g/mol. The summed E-state index contributed by atoms with van der Waals surface area (Å²) < 4.78 is 12.9. The van der Waals surface area contributed by atoms with Crippen LogP contribution in [-0.4, -0.2) is 0 Å². The van der Waals surface area contributed by atoms with E-state index in [1.807, 2.05) is 0 Å². The third-order valence-electron chi connectivity index (χ3n) is 2.64. The Hall–Kier alpha value is -0.600. The van der Waals surface area contributed by atoms with Gasteiger partial charge in [-0.3, -0.25) is 0 Å². The highest BCUT2D eigenvalue weighted by molar-refractivity contribution is 6.31. The smallest absolute Gasteiger partial charge is 0.123 e. The molecule has 0 amide bonds. The molecule has 14 heavy (non-hydrogen) atoms. The summed E-state index contributed by atoms with van der Waals surface area (Å²) in [6, 6.07) is 4.25. The molecule has 0 spiro atoms. The third-order valence-corrected chi connectivity index (χ3v) is 2.99. The van der Waals surface area contributed by atoms with E-state index in [0.29, 0.717) is 5.02 Å². The Labute approximate surface area is 88.1 Å². The summed E-state index contributed by atoms with van der Waals surface area (Å²) >= 11 is 5.95. The summed E-state index contributed by atoms with van der Waals surface area (Å²) in [6.07, 6.45) is 3.42. The minimum Gasteiger partial charge on any atom is -0.324 e. The first kappa shape index (κ1) is 9.94. The molecule has 0 aromatic heterocycles. The highest BCUT2D eigenvalue weighted by Gasteiger charge is 2.25. The van der Waals surface area contributed by atoms with Gasteiger partial charge in [-0.25, -0.2) is 4.39 Å². The van der Waals surface area contributed by atoms with Gasteiger partial charge >= 0.3 is 0 Å². The predicted molar refractivity (Wildman–Crippen MR) is 55.7 cm³/mol. The fourth-order valence-electron chi connectivity index (χ4n) is 1.64. The van der Waals surface area contributed by atoms with E-state index in [4.69, 9.17) is 17.3 Å². The highest BCUT2D eigenvalue weighted by atomic mass is 35.5.